The summed E-state index contributed by atoms with van der Waals surface area (Å²) in [6.07, 6.45) is 7.08. The zero-order valence-electron chi connectivity index (χ0n) is 19.0. The molecule has 0 unspecified atom stereocenters. The Morgan fingerprint density at radius 3 is 2.30 bits per heavy atom. The Kier molecular flexibility index (Phi) is 11.6. The first-order valence-electron chi connectivity index (χ1n) is 10.6. The van der Waals surface area contributed by atoms with Gasteiger partial charge in [0, 0.05) is 35.6 Å². The summed E-state index contributed by atoms with van der Waals surface area (Å²) >= 11 is 4.28. The van der Waals surface area contributed by atoms with E-state index in [1.807, 2.05) is 45.0 Å². The highest BCUT2D eigenvalue weighted by atomic mass is 32.1. The molecule has 0 saturated carbocycles. The van der Waals surface area contributed by atoms with Crippen molar-refractivity contribution < 1.29 is 4.79 Å². The number of hydrogen-bond acceptors (Lipinski definition) is 2. The number of benzene rings is 2. The number of aryl methyl sites for hydroxylation is 1. The van der Waals surface area contributed by atoms with Gasteiger partial charge in [0.05, 0.1) is 0 Å². The predicted molar refractivity (Wildman–Crippen MR) is 137 cm³/mol. The number of aromatic nitrogens is 1. The molecule has 1 heterocycles. The maximum absolute atomic E-state index is 10.3. The standard InChI is InChI=1S/C14H17NS.C11H12O.C2H6/c1-3-8-15-9-7-13-12(10-11(2)16)5-4-6-14(13)15;1-3-9(2)11-6-4-10(8-12)5-7-11;1-2/h4-7,9,16H,2-3,8,10H2,1H3;3-8H,1-2H3;1-2H3/b;9-3+;. The van der Waals surface area contributed by atoms with Crippen molar-refractivity contribution in [2.24, 2.45) is 0 Å². The molecule has 2 nitrogen and oxygen atoms in total. The van der Waals surface area contributed by atoms with Gasteiger partial charge in [-0.3, -0.25) is 4.79 Å². The quantitative estimate of drug-likeness (QED) is 0.316. The van der Waals surface area contributed by atoms with Crippen LogP contribution in [-0.4, -0.2) is 10.9 Å². The second-order valence-corrected chi connectivity index (χ2v) is 7.45. The van der Waals surface area contributed by atoms with Crippen LogP contribution in [0.1, 0.15) is 62.5 Å². The fourth-order valence-electron chi connectivity index (χ4n) is 3.09. The number of rotatable bonds is 6. The summed E-state index contributed by atoms with van der Waals surface area (Å²) in [4.78, 5) is 11.3. The molecule has 3 aromatic rings. The summed E-state index contributed by atoms with van der Waals surface area (Å²) in [5, 5.41) is 1.33. The molecule has 0 bridgehead atoms. The minimum absolute atomic E-state index is 0.725. The second kappa shape index (κ2) is 13.7. The van der Waals surface area contributed by atoms with Gasteiger partial charge in [0.15, 0.2) is 0 Å². The van der Waals surface area contributed by atoms with Crippen molar-refractivity contribution in [1.29, 1.82) is 0 Å². The third kappa shape index (κ3) is 7.38. The van der Waals surface area contributed by atoms with Gasteiger partial charge in [-0.2, -0.15) is 0 Å². The van der Waals surface area contributed by atoms with Crippen molar-refractivity contribution in [2.75, 3.05) is 0 Å². The van der Waals surface area contributed by atoms with Crippen LogP contribution in [0.4, 0.5) is 0 Å². The van der Waals surface area contributed by atoms with Crippen molar-refractivity contribution in [1.82, 2.24) is 4.57 Å². The van der Waals surface area contributed by atoms with Crippen LogP contribution in [0.5, 0.6) is 0 Å². The second-order valence-electron chi connectivity index (χ2n) is 6.81. The van der Waals surface area contributed by atoms with E-state index in [0.29, 0.717) is 0 Å². The molecule has 0 aliphatic heterocycles. The average Bonchev–Trinajstić information content (AvgIpc) is 3.19. The van der Waals surface area contributed by atoms with E-state index in [4.69, 9.17) is 0 Å². The molecule has 0 amide bonds. The SMILES string of the molecule is C/C=C(\C)c1ccc(C=O)cc1.C=C(S)Cc1cccc2c1ccn2CCC.CC. The number of aldehydes is 1. The number of carbonyl (C=O) groups excluding carboxylic acids is 1. The number of allylic oxidation sites excluding steroid dienone is 3. The van der Waals surface area contributed by atoms with E-state index in [9.17, 15) is 4.79 Å². The maximum atomic E-state index is 10.3. The van der Waals surface area contributed by atoms with Gasteiger partial charge in [-0.15, -0.1) is 12.6 Å². The van der Waals surface area contributed by atoms with Gasteiger partial charge in [-0.25, -0.2) is 0 Å². The molecule has 0 saturated heterocycles. The van der Waals surface area contributed by atoms with Gasteiger partial charge < -0.3 is 4.57 Å². The highest BCUT2D eigenvalue weighted by Gasteiger charge is 2.05. The Hall–Kier alpha value is -2.52. The minimum Gasteiger partial charge on any atom is -0.347 e. The summed E-state index contributed by atoms with van der Waals surface area (Å²) in [6.45, 7) is 15.2. The smallest absolute Gasteiger partial charge is 0.150 e. The monoisotopic (exact) mass is 421 g/mol. The molecule has 2 aromatic carbocycles. The van der Waals surface area contributed by atoms with E-state index in [0.717, 1.165) is 36.1 Å². The highest BCUT2D eigenvalue weighted by Crippen LogP contribution is 2.23. The largest absolute Gasteiger partial charge is 0.347 e. The van der Waals surface area contributed by atoms with E-state index in [1.165, 1.54) is 27.6 Å². The first-order chi connectivity index (χ1) is 14.5. The molecule has 0 radical (unpaired) electrons. The fraction of sp³-hybridized carbons (Fsp3) is 0.296. The van der Waals surface area contributed by atoms with Crippen LogP contribution in [0.2, 0.25) is 0 Å². The van der Waals surface area contributed by atoms with Gasteiger partial charge in [-0.05, 0) is 54.0 Å². The topological polar surface area (TPSA) is 22.0 Å². The molecule has 160 valence electrons. The van der Waals surface area contributed by atoms with Crippen LogP contribution in [0.3, 0.4) is 0 Å². The summed E-state index contributed by atoms with van der Waals surface area (Å²) in [6, 6.07) is 16.2. The van der Waals surface area contributed by atoms with E-state index < -0.39 is 0 Å². The van der Waals surface area contributed by atoms with Crippen molar-refractivity contribution in [2.45, 2.75) is 54.0 Å². The Balaban J connectivity index is 0.000000287. The van der Waals surface area contributed by atoms with Crippen LogP contribution in [0, 0.1) is 0 Å². The average molecular weight is 422 g/mol. The molecule has 1 aromatic heterocycles. The van der Waals surface area contributed by atoms with Crippen molar-refractivity contribution in [3.8, 4) is 0 Å². The van der Waals surface area contributed by atoms with Gasteiger partial charge in [0.2, 0.25) is 0 Å². The Morgan fingerprint density at radius 2 is 1.77 bits per heavy atom. The Bertz CT molecular complexity index is 964. The van der Waals surface area contributed by atoms with Gasteiger partial charge >= 0.3 is 0 Å². The fourth-order valence-corrected chi connectivity index (χ4v) is 3.26. The van der Waals surface area contributed by atoms with Gasteiger partial charge in [-0.1, -0.05) is 69.8 Å². The lowest BCUT2D eigenvalue weighted by molar-refractivity contribution is 0.112. The summed E-state index contributed by atoms with van der Waals surface area (Å²) < 4.78 is 2.31. The summed E-state index contributed by atoms with van der Waals surface area (Å²) in [5.74, 6) is 0. The predicted octanol–water partition coefficient (Wildman–Crippen LogP) is 7.99. The normalized spacial score (nSPS) is 10.5. The van der Waals surface area contributed by atoms with Crippen molar-refractivity contribution in [3.63, 3.8) is 0 Å². The van der Waals surface area contributed by atoms with Crippen molar-refractivity contribution in [3.05, 3.63) is 89.0 Å². The van der Waals surface area contributed by atoms with Crippen LogP contribution in [-0.2, 0) is 13.0 Å². The number of thiol groups is 1. The molecule has 3 rings (SSSR count). The van der Waals surface area contributed by atoms with Crippen LogP contribution in [0.25, 0.3) is 16.5 Å². The summed E-state index contributed by atoms with van der Waals surface area (Å²) in [7, 11) is 0. The first-order valence-corrected chi connectivity index (χ1v) is 11.1. The lowest BCUT2D eigenvalue weighted by Crippen LogP contribution is -1.94. The molecule has 0 aliphatic carbocycles. The zero-order valence-corrected chi connectivity index (χ0v) is 19.9. The van der Waals surface area contributed by atoms with Crippen LogP contribution >= 0.6 is 12.6 Å². The molecular weight excluding hydrogens is 386 g/mol. The minimum atomic E-state index is 0.725. The highest BCUT2D eigenvalue weighted by molar-refractivity contribution is 7.84. The van der Waals surface area contributed by atoms with Crippen LogP contribution < -0.4 is 0 Å². The lowest BCUT2D eigenvalue weighted by atomic mass is 10.1. The number of fused-ring (bicyclic) bond motifs is 1. The summed E-state index contributed by atoms with van der Waals surface area (Å²) in [5.41, 5.74) is 5.75. The molecule has 30 heavy (non-hydrogen) atoms. The third-order valence-corrected chi connectivity index (χ3v) is 4.86. The molecule has 0 N–H and O–H groups in total. The number of nitrogens with zero attached hydrogens (tertiary/aromatic N) is 1. The Morgan fingerprint density at radius 1 is 1.10 bits per heavy atom. The van der Waals surface area contributed by atoms with E-state index >= 15 is 0 Å². The van der Waals surface area contributed by atoms with E-state index in [-0.39, 0.29) is 0 Å². The number of carbonyl (C=O) groups is 1. The first kappa shape index (κ1) is 25.5. The molecule has 0 aliphatic rings. The van der Waals surface area contributed by atoms with Crippen LogP contribution in [0.15, 0.2) is 72.3 Å². The zero-order chi connectivity index (χ0) is 22.5. The lowest BCUT2D eigenvalue weighted by Gasteiger charge is -2.05. The number of hydrogen-bond donors (Lipinski definition) is 1. The molecule has 0 fully saturated rings. The van der Waals surface area contributed by atoms with E-state index in [2.05, 4.69) is 74.2 Å². The molecule has 0 atom stereocenters. The maximum Gasteiger partial charge on any atom is 0.150 e. The Labute approximate surface area is 187 Å². The molecule has 0 spiro atoms. The third-order valence-electron chi connectivity index (χ3n) is 4.70. The molecular formula is C27H35NOS. The van der Waals surface area contributed by atoms with Gasteiger partial charge in [0.1, 0.15) is 6.29 Å². The molecule has 3 heteroatoms. The van der Waals surface area contributed by atoms with E-state index in [1.54, 1.807) is 0 Å². The van der Waals surface area contributed by atoms with Gasteiger partial charge in [0.25, 0.3) is 0 Å². The van der Waals surface area contributed by atoms with Crippen molar-refractivity contribution >= 4 is 35.4 Å².